The fraction of sp³-hybridized carbons (Fsp3) is 0.0385. The van der Waals surface area contributed by atoms with E-state index in [1.807, 2.05) is 48.5 Å². The van der Waals surface area contributed by atoms with Crippen LogP contribution >= 0.6 is 11.6 Å². The van der Waals surface area contributed by atoms with Crippen molar-refractivity contribution in [3.63, 3.8) is 0 Å². The molecule has 0 spiro atoms. The maximum absolute atomic E-state index is 14.0. The number of halogens is 2. The van der Waals surface area contributed by atoms with Crippen LogP contribution in [0.4, 0.5) is 27.3 Å². The van der Waals surface area contributed by atoms with Gasteiger partial charge in [0.1, 0.15) is 11.6 Å². The lowest BCUT2D eigenvalue weighted by molar-refractivity contribution is 0.0984. The summed E-state index contributed by atoms with van der Waals surface area (Å²) < 4.78 is 14.0. The van der Waals surface area contributed by atoms with Gasteiger partial charge in [-0.2, -0.15) is 0 Å². The molecule has 2 heterocycles. The average molecular weight is 473 g/mol. The van der Waals surface area contributed by atoms with Crippen molar-refractivity contribution in [3.05, 3.63) is 113 Å². The van der Waals surface area contributed by atoms with Crippen LogP contribution < -0.4 is 15.5 Å². The van der Waals surface area contributed by atoms with Gasteiger partial charge in [0.2, 0.25) is 0 Å². The van der Waals surface area contributed by atoms with Crippen LogP contribution in [-0.2, 0) is 6.54 Å². The molecule has 3 aromatic carbocycles. The predicted molar refractivity (Wildman–Crippen MR) is 130 cm³/mol. The number of carbonyl (C=O) groups excluding carboxylic acids is 2. The van der Waals surface area contributed by atoms with Crippen molar-refractivity contribution in [2.75, 3.05) is 15.5 Å². The molecule has 0 fully saturated rings. The fourth-order valence-electron chi connectivity index (χ4n) is 3.82. The molecular weight excluding hydrogens is 455 g/mol. The summed E-state index contributed by atoms with van der Waals surface area (Å²) in [5.74, 6) is -1.53. The smallest absolute Gasteiger partial charge is 0.261 e. The Hall–Kier alpha value is -4.23. The van der Waals surface area contributed by atoms with Crippen LogP contribution in [0.3, 0.4) is 0 Å². The van der Waals surface area contributed by atoms with E-state index < -0.39 is 11.7 Å². The molecule has 34 heavy (non-hydrogen) atoms. The number of amides is 2. The summed E-state index contributed by atoms with van der Waals surface area (Å²) in [5, 5.41) is 5.91. The lowest BCUT2D eigenvalue weighted by Gasteiger charge is -2.22. The lowest BCUT2D eigenvalue weighted by Crippen LogP contribution is -2.30. The molecule has 0 radical (unpaired) electrons. The number of aromatic nitrogens is 1. The van der Waals surface area contributed by atoms with E-state index in [2.05, 4.69) is 15.6 Å². The summed E-state index contributed by atoms with van der Waals surface area (Å²) in [7, 11) is 0. The molecule has 1 aromatic heterocycles. The monoisotopic (exact) mass is 472 g/mol. The molecule has 8 heteroatoms. The maximum atomic E-state index is 14.0. The standard InChI is InChI=1S/C26H18ClFN4O2/c27-18-7-5-8-19(28)24(18)25(33)31-23-13-12-16(14-29-23)26(34)32-15-17-6-1-2-9-20(17)30-21-10-3-4-11-22(21)32/h1-14,30H,15H2,(H,29,31,33). The summed E-state index contributed by atoms with van der Waals surface area (Å²) in [6, 6.07) is 22.5. The molecule has 0 bridgehead atoms. The quantitative estimate of drug-likeness (QED) is 0.382. The van der Waals surface area contributed by atoms with Crippen molar-refractivity contribution in [1.29, 1.82) is 0 Å². The molecule has 6 nitrogen and oxygen atoms in total. The first-order valence-corrected chi connectivity index (χ1v) is 10.9. The van der Waals surface area contributed by atoms with Crippen molar-refractivity contribution in [2.24, 2.45) is 0 Å². The molecule has 4 aromatic rings. The van der Waals surface area contributed by atoms with E-state index >= 15 is 0 Å². The third-order valence-corrected chi connectivity index (χ3v) is 5.81. The number of pyridine rings is 1. The van der Waals surface area contributed by atoms with Crippen molar-refractivity contribution < 1.29 is 14.0 Å². The zero-order valence-corrected chi connectivity index (χ0v) is 18.5. The zero-order valence-electron chi connectivity index (χ0n) is 17.8. The van der Waals surface area contributed by atoms with Gasteiger partial charge in [-0.3, -0.25) is 9.59 Å². The van der Waals surface area contributed by atoms with E-state index in [0.717, 1.165) is 28.7 Å². The first-order chi connectivity index (χ1) is 16.5. The van der Waals surface area contributed by atoms with Gasteiger partial charge in [-0.25, -0.2) is 9.37 Å². The topological polar surface area (TPSA) is 74.3 Å². The third kappa shape index (κ3) is 4.09. The van der Waals surface area contributed by atoms with Crippen LogP contribution in [0.1, 0.15) is 26.3 Å². The Morgan fingerprint density at radius 1 is 0.941 bits per heavy atom. The largest absolute Gasteiger partial charge is 0.354 e. The second kappa shape index (κ2) is 8.96. The van der Waals surface area contributed by atoms with Crippen LogP contribution in [0.15, 0.2) is 85.1 Å². The first kappa shape index (κ1) is 21.6. The van der Waals surface area contributed by atoms with Gasteiger partial charge in [0.15, 0.2) is 0 Å². The summed E-state index contributed by atoms with van der Waals surface area (Å²) in [5.41, 5.74) is 3.56. The molecular formula is C26H18ClFN4O2. The molecule has 0 unspecified atom stereocenters. The number of fused-ring (bicyclic) bond motifs is 2. The Bertz CT molecular complexity index is 1390. The number of nitrogens with zero attached hydrogens (tertiary/aromatic N) is 2. The van der Waals surface area contributed by atoms with Crippen LogP contribution in [0.2, 0.25) is 5.02 Å². The summed E-state index contributed by atoms with van der Waals surface area (Å²) in [4.78, 5) is 31.8. The van der Waals surface area contributed by atoms with Gasteiger partial charge in [-0.15, -0.1) is 0 Å². The minimum absolute atomic E-state index is 0.00184. The molecule has 2 N–H and O–H groups in total. The summed E-state index contributed by atoms with van der Waals surface area (Å²) in [6.07, 6.45) is 1.38. The van der Waals surface area contributed by atoms with Crippen molar-refractivity contribution >= 4 is 46.3 Å². The number of hydrogen-bond acceptors (Lipinski definition) is 4. The van der Waals surface area contributed by atoms with Gasteiger partial charge >= 0.3 is 0 Å². The Labute approximate surface area is 200 Å². The van der Waals surface area contributed by atoms with Crippen LogP contribution in [0.25, 0.3) is 0 Å². The number of rotatable bonds is 3. The zero-order chi connectivity index (χ0) is 23.7. The second-order valence-corrected chi connectivity index (χ2v) is 8.08. The molecule has 168 valence electrons. The SMILES string of the molecule is O=C(Nc1ccc(C(=O)N2Cc3ccccc3Nc3ccccc32)cn1)c1c(F)cccc1Cl. The Morgan fingerprint density at radius 3 is 2.47 bits per heavy atom. The van der Waals surface area contributed by atoms with Crippen molar-refractivity contribution in [3.8, 4) is 0 Å². The summed E-state index contributed by atoms with van der Waals surface area (Å²) >= 11 is 5.96. The van der Waals surface area contributed by atoms with Gasteiger partial charge in [-0.1, -0.05) is 48.0 Å². The Morgan fingerprint density at radius 2 is 1.71 bits per heavy atom. The van der Waals surface area contributed by atoms with Gasteiger partial charge < -0.3 is 15.5 Å². The Kier molecular flexibility index (Phi) is 5.69. The van der Waals surface area contributed by atoms with E-state index in [9.17, 15) is 14.0 Å². The van der Waals surface area contributed by atoms with Crippen molar-refractivity contribution in [1.82, 2.24) is 4.98 Å². The molecule has 1 aliphatic heterocycles. The lowest BCUT2D eigenvalue weighted by atomic mass is 10.1. The normalized spacial score (nSPS) is 12.1. The molecule has 1 aliphatic rings. The number of hydrogen-bond donors (Lipinski definition) is 2. The van der Waals surface area contributed by atoms with Gasteiger partial charge in [0.05, 0.1) is 34.1 Å². The van der Waals surface area contributed by atoms with Crippen LogP contribution in [0, 0.1) is 5.82 Å². The van der Waals surface area contributed by atoms with E-state index in [4.69, 9.17) is 11.6 Å². The highest BCUT2D eigenvalue weighted by Gasteiger charge is 2.25. The molecule has 0 atom stereocenters. The third-order valence-electron chi connectivity index (χ3n) is 5.50. The second-order valence-electron chi connectivity index (χ2n) is 7.67. The Balaban J connectivity index is 1.40. The number of anilines is 4. The molecule has 0 saturated heterocycles. The van der Waals surface area contributed by atoms with E-state index in [-0.39, 0.29) is 22.3 Å². The van der Waals surface area contributed by atoms with E-state index in [1.165, 1.54) is 24.4 Å². The minimum Gasteiger partial charge on any atom is -0.354 e. The number of benzene rings is 3. The molecule has 5 rings (SSSR count). The first-order valence-electron chi connectivity index (χ1n) is 10.5. The predicted octanol–water partition coefficient (Wildman–Crippen LogP) is 6.03. The van der Waals surface area contributed by atoms with Gasteiger partial charge in [-0.05, 0) is 48.0 Å². The highest BCUT2D eigenvalue weighted by atomic mass is 35.5. The maximum Gasteiger partial charge on any atom is 0.261 e. The van der Waals surface area contributed by atoms with E-state index in [1.54, 1.807) is 11.0 Å². The highest BCUT2D eigenvalue weighted by molar-refractivity contribution is 6.34. The average Bonchev–Trinajstić information content (AvgIpc) is 3.01. The van der Waals surface area contributed by atoms with Crippen molar-refractivity contribution in [2.45, 2.75) is 6.54 Å². The molecule has 0 saturated carbocycles. The summed E-state index contributed by atoms with van der Waals surface area (Å²) in [6.45, 7) is 0.378. The minimum atomic E-state index is -0.731. The van der Waals surface area contributed by atoms with Gasteiger partial charge in [0, 0.05) is 11.9 Å². The molecule has 2 amide bonds. The highest BCUT2D eigenvalue weighted by Crippen LogP contribution is 2.36. The molecule has 0 aliphatic carbocycles. The number of nitrogens with one attached hydrogen (secondary N) is 2. The number of carbonyl (C=O) groups is 2. The fourth-order valence-corrected chi connectivity index (χ4v) is 4.07. The van der Waals surface area contributed by atoms with Crippen LogP contribution in [-0.4, -0.2) is 16.8 Å². The van der Waals surface area contributed by atoms with E-state index in [0.29, 0.717) is 12.1 Å². The number of para-hydroxylation sites is 3. The van der Waals surface area contributed by atoms with Gasteiger partial charge in [0.25, 0.3) is 11.8 Å². The van der Waals surface area contributed by atoms with Crippen LogP contribution in [0.5, 0.6) is 0 Å².